The maximum Gasteiger partial charge on any atom is 0.281 e. The largest absolute Gasteiger partial charge is 0.330 e. The van der Waals surface area contributed by atoms with Crippen LogP contribution >= 0.6 is 0 Å². The molecule has 0 aliphatic carbocycles. The maximum atomic E-state index is 12.7. The van der Waals surface area contributed by atoms with Crippen molar-refractivity contribution in [1.29, 1.82) is 0 Å². The Bertz CT molecular complexity index is 429. The van der Waals surface area contributed by atoms with E-state index < -0.39 is 10.2 Å². The number of likely N-dealkylation sites (tertiary alicyclic amines) is 1. The average molecular weight is 318 g/mol. The van der Waals surface area contributed by atoms with Crippen LogP contribution < -0.4 is 5.73 Å². The highest BCUT2D eigenvalue weighted by Gasteiger charge is 2.34. The molecule has 0 aromatic rings. The van der Waals surface area contributed by atoms with Gasteiger partial charge in [-0.2, -0.15) is 17.0 Å². The molecule has 0 radical (unpaired) electrons. The third-order valence-corrected chi connectivity index (χ3v) is 6.83. The smallest absolute Gasteiger partial charge is 0.281 e. The number of likely N-dealkylation sites (N-methyl/N-ethyl adjacent to an activating group) is 2. The highest BCUT2D eigenvalue weighted by atomic mass is 32.2. The molecule has 2 fully saturated rings. The second-order valence-corrected chi connectivity index (χ2v) is 8.35. The van der Waals surface area contributed by atoms with Crippen molar-refractivity contribution in [3.05, 3.63) is 0 Å². The summed E-state index contributed by atoms with van der Waals surface area (Å²) in [6, 6.07) is 0.366. The summed E-state index contributed by atoms with van der Waals surface area (Å²) in [5, 5.41) is 0. The number of nitrogens with zero attached hydrogens (tertiary/aromatic N) is 3. The Morgan fingerprint density at radius 1 is 1.24 bits per heavy atom. The van der Waals surface area contributed by atoms with Crippen LogP contribution in [0.1, 0.15) is 32.6 Å². The molecule has 2 unspecified atom stereocenters. The fraction of sp³-hybridized carbons (Fsp3) is 1.00. The third-order valence-electron chi connectivity index (χ3n) is 4.91. The molecule has 0 aromatic carbocycles. The van der Waals surface area contributed by atoms with Gasteiger partial charge in [-0.1, -0.05) is 6.92 Å². The van der Waals surface area contributed by atoms with Crippen molar-refractivity contribution in [3.8, 4) is 0 Å². The minimum absolute atomic E-state index is 0.306. The van der Waals surface area contributed by atoms with Crippen LogP contribution in [0.25, 0.3) is 0 Å². The Hall–Kier alpha value is -0.210. The molecule has 124 valence electrons. The molecule has 0 bridgehead atoms. The average Bonchev–Trinajstić information content (AvgIpc) is 2.94. The molecule has 0 saturated carbocycles. The predicted octanol–water partition coefficient (Wildman–Crippen LogP) is 0.318. The van der Waals surface area contributed by atoms with Gasteiger partial charge >= 0.3 is 0 Å². The van der Waals surface area contributed by atoms with Crippen molar-refractivity contribution in [1.82, 2.24) is 13.5 Å². The van der Waals surface area contributed by atoms with Crippen molar-refractivity contribution in [2.75, 3.05) is 46.3 Å². The summed E-state index contributed by atoms with van der Waals surface area (Å²) in [5.41, 5.74) is 5.71. The van der Waals surface area contributed by atoms with Crippen molar-refractivity contribution in [3.63, 3.8) is 0 Å². The zero-order valence-electron chi connectivity index (χ0n) is 13.4. The highest BCUT2D eigenvalue weighted by Crippen LogP contribution is 2.22. The van der Waals surface area contributed by atoms with Gasteiger partial charge in [0.25, 0.3) is 10.2 Å². The first-order valence-electron chi connectivity index (χ1n) is 8.14. The van der Waals surface area contributed by atoms with Gasteiger partial charge in [-0.15, -0.1) is 0 Å². The van der Waals surface area contributed by atoms with E-state index in [9.17, 15) is 8.42 Å². The Kier molecular flexibility index (Phi) is 6.02. The van der Waals surface area contributed by atoms with Crippen LogP contribution in [0.3, 0.4) is 0 Å². The van der Waals surface area contributed by atoms with Crippen LogP contribution in [-0.4, -0.2) is 74.3 Å². The van der Waals surface area contributed by atoms with E-state index in [0.29, 0.717) is 38.1 Å². The predicted molar refractivity (Wildman–Crippen MR) is 85.2 cm³/mol. The summed E-state index contributed by atoms with van der Waals surface area (Å²) >= 11 is 0. The molecule has 6 nitrogen and oxygen atoms in total. The minimum atomic E-state index is -3.34. The standard InChI is InChI=1S/C14H30N4O2S/c1-3-17-8-5-7-14(17)12-16(2)21(19,20)18-9-4-6-13(10-15)11-18/h13-14H,3-12,15H2,1-2H3. The lowest BCUT2D eigenvalue weighted by Crippen LogP contribution is -2.50. The van der Waals surface area contributed by atoms with Crippen LogP contribution in [0.15, 0.2) is 0 Å². The first-order chi connectivity index (χ1) is 9.98. The first-order valence-corrected chi connectivity index (χ1v) is 9.54. The Labute approximate surface area is 129 Å². The molecule has 2 atom stereocenters. The van der Waals surface area contributed by atoms with Crippen LogP contribution in [0.4, 0.5) is 0 Å². The Balaban J connectivity index is 1.98. The van der Waals surface area contributed by atoms with E-state index in [-0.39, 0.29) is 0 Å². The number of rotatable bonds is 6. The van der Waals surface area contributed by atoms with Gasteiger partial charge in [-0.3, -0.25) is 4.90 Å². The molecule has 2 aliphatic heterocycles. The summed E-state index contributed by atoms with van der Waals surface area (Å²) < 4.78 is 28.6. The van der Waals surface area contributed by atoms with E-state index in [1.807, 2.05) is 0 Å². The van der Waals surface area contributed by atoms with Crippen LogP contribution in [0.2, 0.25) is 0 Å². The molecular weight excluding hydrogens is 288 g/mol. The monoisotopic (exact) mass is 318 g/mol. The molecule has 7 heteroatoms. The van der Waals surface area contributed by atoms with Crippen molar-refractivity contribution in [2.24, 2.45) is 11.7 Å². The fourth-order valence-corrected chi connectivity index (χ4v) is 5.05. The highest BCUT2D eigenvalue weighted by molar-refractivity contribution is 7.86. The molecule has 0 spiro atoms. The second-order valence-electron chi connectivity index (χ2n) is 6.31. The maximum absolute atomic E-state index is 12.7. The van der Waals surface area contributed by atoms with Gasteiger partial charge < -0.3 is 5.73 Å². The number of hydrogen-bond donors (Lipinski definition) is 1. The summed E-state index contributed by atoms with van der Waals surface area (Å²) in [6.07, 6.45) is 4.22. The lowest BCUT2D eigenvalue weighted by Gasteiger charge is -2.35. The number of hydrogen-bond acceptors (Lipinski definition) is 4. The van der Waals surface area contributed by atoms with Crippen LogP contribution in [0.5, 0.6) is 0 Å². The molecule has 0 aromatic heterocycles. The van der Waals surface area contributed by atoms with Gasteiger partial charge in [0.15, 0.2) is 0 Å². The lowest BCUT2D eigenvalue weighted by atomic mass is 10.0. The summed E-state index contributed by atoms with van der Waals surface area (Å²) in [5.74, 6) is 0.306. The molecule has 2 rings (SSSR count). The van der Waals surface area contributed by atoms with Gasteiger partial charge in [-0.05, 0) is 51.2 Å². The second kappa shape index (κ2) is 7.37. The van der Waals surface area contributed by atoms with Gasteiger partial charge in [-0.25, -0.2) is 0 Å². The van der Waals surface area contributed by atoms with E-state index in [2.05, 4.69) is 11.8 Å². The lowest BCUT2D eigenvalue weighted by molar-refractivity contribution is 0.220. The molecule has 2 N–H and O–H groups in total. The van der Waals surface area contributed by atoms with Gasteiger partial charge in [0.1, 0.15) is 0 Å². The Morgan fingerprint density at radius 3 is 2.62 bits per heavy atom. The topological polar surface area (TPSA) is 69.9 Å². The van der Waals surface area contributed by atoms with Crippen LogP contribution in [-0.2, 0) is 10.2 Å². The minimum Gasteiger partial charge on any atom is -0.330 e. The van der Waals surface area contributed by atoms with Crippen molar-refractivity contribution in [2.45, 2.75) is 38.6 Å². The van der Waals surface area contributed by atoms with Gasteiger partial charge in [0.05, 0.1) is 0 Å². The SMILES string of the molecule is CCN1CCCC1CN(C)S(=O)(=O)N1CCCC(CN)C1. The Morgan fingerprint density at radius 2 is 1.95 bits per heavy atom. The van der Waals surface area contributed by atoms with Crippen molar-refractivity contribution < 1.29 is 8.42 Å². The molecule has 2 saturated heterocycles. The third kappa shape index (κ3) is 3.96. The van der Waals surface area contributed by atoms with E-state index in [4.69, 9.17) is 5.73 Å². The zero-order chi connectivity index (χ0) is 15.5. The summed E-state index contributed by atoms with van der Waals surface area (Å²) in [4.78, 5) is 2.38. The van der Waals surface area contributed by atoms with E-state index in [1.165, 1.54) is 6.42 Å². The molecule has 2 aliphatic rings. The number of piperidine rings is 1. The zero-order valence-corrected chi connectivity index (χ0v) is 14.2. The summed E-state index contributed by atoms with van der Waals surface area (Å²) in [6.45, 7) is 6.60. The van der Waals surface area contributed by atoms with Gasteiger partial charge in [0.2, 0.25) is 0 Å². The molecular formula is C14H30N4O2S. The normalized spacial score (nSPS) is 29.3. The van der Waals surface area contributed by atoms with E-state index in [0.717, 1.165) is 32.4 Å². The fourth-order valence-electron chi connectivity index (χ4n) is 3.54. The molecule has 2 heterocycles. The first kappa shape index (κ1) is 17.1. The summed E-state index contributed by atoms with van der Waals surface area (Å²) in [7, 11) is -1.62. The molecule has 0 amide bonds. The van der Waals surface area contributed by atoms with E-state index in [1.54, 1.807) is 15.7 Å². The van der Waals surface area contributed by atoms with E-state index >= 15 is 0 Å². The quantitative estimate of drug-likeness (QED) is 0.766. The van der Waals surface area contributed by atoms with Crippen LogP contribution in [0, 0.1) is 5.92 Å². The number of nitrogens with two attached hydrogens (primary N) is 1. The van der Waals surface area contributed by atoms with Gasteiger partial charge in [0, 0.05) is 32.7 Å². The van der Waals surface area contributed by atoms with Crippen molar-refractivity contribution >= 4 is 10.2 Å². The molecule has 21 heavy (non-hydrogen) atoms.